The van der Waals surface area contributed by atoms with Gasteiger partial charge in [0, 0.05) is 13.0 Å². The minimum atomic E-state index is -1.33. The van der Waals surface area contributed by atoms with Gasteiger partial charge in [-0.1, -0.05) is 0 Å². The van der Waals surface area contributed by atoms with E-state index in [1.807, 2.05) is 0 Å². The second-order valence-electron chi connectivity index (χ2n) is 5.32. The molecule has 10 nitrogen and oxygen atoms in total. The zero-order chi connectivity index (χ0) is 15.9. The topological polar surface area (TPSA) is 136 Å². The van der Waals surface area contributed by atoms with Gasteiger partial charge in [-0.25, -0.2) is 9.69 Å². The van der Waals surface area contributed by atoms with Gasteiger partial charge in [0.1, 0.15) is 24.1 Å². The van der Waals surface area contributed by atoms with Gasteiger partial charge in [0.2, 0.25) is 6.41 Å². The SMILES string of the molecule is N=C1CCN([C@@H]2O[C@H](CO)[C@@H](O)[C@H]2O)C(=O)N1C1OCCO1. The van der Waals surface area contributed by atoms with Crippen molar-refractivity contribution in [1.29, 1.82) is 5.41 Å². The first kappa shape index (κ1) is 15.6. The highest BCUT2D eigenvalue weighted by atomic mass is 16.7. The Balaban J connectivity index is 1.77. The van der Waals surface area contributed by atoms with Crippen molar-refractivity contribution in [3.8, 4) is 0 Å². The van der Waals surface area contributed by atoms with E-state index in [2.05, 4.69) is 0 Å². The molecule has 3 saturated heterocycles. The molecule has 3 rings (SSSR count). The maximum atomic E-state index is 12.6. The van der Waals surface area contributed by atoms with Gasteiger partial charge < -0.3 is 29.5 Å². The summed E-state index contributed by atoms with van der Waals surface area (Å²) in [6.07, 6.45) is -5.38. The predicted octanol–water partition coefficient (Wildman–Crippen LogP) is -2.14. The molecule has 0 radical (unpaired) electrons. The molecule has 0 spiro atoms. The number of aliphatic hydroxyl groups is 3. The zero-order valence-electron chi connectivity index (χ0n) is 11.8. The van der Waals surface area contributed by atoms with Crippen molar-refractivity contribution in [2.45, 2.75) is 37.4 Å². The highest BCUT2D eigenvalue weighted by Gasteiger charge is 2.50. The lowest BCUT2D eigenvalue weighted by Crippen LogP contribution is -2.60. The summed E-state index contributed by atoms with van der Waals surface area (Å²) in [5, 5.41) is 36.8. The van der Waals surface area contributed by atoms with Gasteiger partial charge >= 0.3 is 6.03 Å². The number of amides is 2. The number of hydrogen-bond acceptors (Lipinski definition) is 8. The Morgan fingerprint density at radius 3 is 2.50 bits per heavy atom. The van der Waals surface area contributed by atoms with E-state index in [4.69, 9.17) is 24.7 Å². The molecule has 10 heteroatoms. The van der Waals surface area contributed by atoms with Gasteiger partial charge in [0.05, 0.1) is 19.8 Å². The van der Waals surface area contributed by atoms with Gasteiger partial charge in [-0.05, 0) is 0 Å². The minimum absolute atomic E-state index is 0.0555. The highest BCUT2D eigenvalue weighted by Crippen LogP contribution is 2.28. The molecule has 4 N–H and O–H groups in total. The molecule has 0 aromatic heterocycles. The standard InChI is InChI=1S/C12H19N3O7/c13-7-1-2-14(10-9(18)8(17)6(5-16)22-10)11(19)15(7)12-20-3-4-21-12/h6,8-10,12-13,16-18H,1-5H2/t6-,8-,9-,10-/m1/s1. The van der Waals surface area contributed by atoms with E-state index in [1.165, 1.54) is 4.90 Å². The number of rotatable bonds is 3. The monoisotopic (exact) mass is 317 g/mol. The largest absolute Gasteiger partial charge is 0.394 e. The lowest BCUT2D eigenvalue weighted by Gasteiger charge is -2.40. The lowest BCUT2D eigenvalue weighted by molar-refractivity contribution is -0.129. The summed E-state index contributed by atoms with van der Waals surface area (Å²) >= 11 is 0. The van der Waals surface area contributed by atoms with Gasteiger partial charge in [-0.2, -0.15) is 0 Å². The van der Waals surface area contributed by atoms with E-state index in [9.17, 15) is 15.0 Å². The second-order valence-corrected chi connectivity index (χ2v) is 5.32. The number of hydrogen-bond donors (Lipinski definition) is 4. The van der Waals surface area contributed by atoms with Gasteiger partial charge in [0.25, 0.3) is 0 Å². The van der Waals surface area contributed by atoms with Crippen molar-refractivity contribution >= 4 is 11.9 Å². The third-order valence-corrected chi connectivity index (χ3v) is 3.97. The molecule has 0 saturated carbocycles. The Labute approximate surface area is 126 Å². The van der Waals surface area contributed by atoms with Crippen LogP contribution in [-0.4, -0.2) is 94.3 Å². The van der Waals surface area contributed by atoms with Crippen LogP contribution >= 0.6 is 0 Å². The Bertz CT molecular complexity index is 456. The Kier molecular flexibility index (Phi) is 4.30. The predicted molar refractivity (Wildman–Crippen MR) is 69.7 cm³/mol. The average molecular weight is 317 g/mol. The van der Waals surface area contributed by atoms with Crippen LogP contribution in [0.5, 0.6) is 0 Å². The number of carbonyl (C=O) groups is 1. The van der Waals surface area contributed by atoms with Crippen molar-refractivity contribution < 1.29 is 34.3 Å². The van der Waals surface area contributed by atoms with Crippen LogP contribution in [0.15, 0.2) is 0 Å². The normalized spacial score (nSPS) is 37.4. The lowest BCUT2D eigenvalue weighted by atomic mass is 10.1. The number of carbonyl (C=O) groups excluding carboxylic acids is 1. The van der Waals surface area contributed by atoms with Crippen molar-refractivity contribution in [2.24, 2.45) is 0 Å². The molecule has 4 atom stereocenters. The van der Waals surface area contributed by atoms with Crippen LogP contribution in [0.1, 0.15) is 6.42 Å². The number of nitrogens with zero attached hydrogens (tertiary/aromatic N) is 2. The van der Waals surface area contributed by atoms with Gasteiger partial charge in [-0.15, -0.1) is 0 Å². The number of urea groups is 1. The fourth-order valence-electron chi connectivity index (χ4n) is 2.78. The molecular weight excluding hydrogens is 298 g/mol. The molecule has 3 aliphatic heterocycles. The summed E-state index contributed by atoms with van der Waals surface area (Å²) < 4.78 is 15.9. The van der Waals surface area contributed by atoms with Crippen LogP contribution in [0, 0.1) is 5.41 Å². The third-order valence-electron chi connectivity index (χ3n) is 3.97. The summed E-state index contributed by atoms with van der Waals surface area (Å²) in [4.78, 5) is 14.8. The summed E-state index contributed by atoms with van der Waals surface area (Å²) in [6.45, 7) is 0.351. The molecule has 124 valence electrons. The van der Waals surface area contributed by atoms with E-state index in [0.717, 1.165) is 4.90 Å². The molecule has 0 aliphatic carbocycles. The van der Waals surface area contributed by atoms with Crippen LogP contribution in [0.25, 0.3) is 0 Å². The summed E-state index contributed by atoms with van der Waals surface area (Å²) in [5.74, 6) is 0.0555. The second kappa shape index (κ2) is 6.07. The summed E-state index contributed by atoms with van der Waals surface area (Å²) in [6, 6.07) is -0.599. The fraction of sp³-hybridized carbons (Fsp3) is 0.833. The molecule has 0 unspecified atom stereocenters. The summed E-state index contributed by atoms with van der Waals surface area (Å²) in [7, 11) is 0. The Morgan fingerprint density at radius 2 is 1.91 bits per heavy atom. The molecule has 0 aromatic carbocycles. The third kappa shape index (κ3) is 2.47. The number of ether oxygens (including phenoxy) is 3. The van der Waals surface area contributed by atoms with E-state index in [-0.39, 0.29) is 18.8 Å². The number of amidine groups is 1. The van der Waals surface area contributed by atoms with E-state index in [1.54, 1.807) is 0 Å². The number of nitrogens with one attached hydrogen (secondary N) is 1. The van der Waals surface area contributed by atoms with Crippen LogP contribution in [0.4, 0.5) is 4.79 Å². The maximum Gasteiger partial charge on any atom is 0.331 e. The fourth-order valence-corrected chi connectivity index (χ4v) is 2.78. The van der Waals surface area contributed by atoms with Crippen LogP contribution in [0.3, 0.4) is 0 Å². The first-order valence-electron chi connectivity index (χ1n) is 7.07. The zero-order valence-corrected chi connectivity index (χ0v) is 11.8. The quantitative estimate of drug-likeness (QED) is 0.466. The van der Waals surface area contributed by atoms with Crippen molar-refractivity contribution in [1.82, 2.24) is 9.80 Å². The Hall–Kier alpha value is -1.30. The molecule has 0 aromatic rings. The smallest absolute Gasteiger partial charge is 0.331 e. The molecule has 3 heterocycles. The van der Waals surface area contributed by atoms with Gasteiger partial charge in [-0.3, -0.25) is 10.3 Å². The molecule has 3 aliphatic rings. The highest BCUT2D eigenvalue weighted by molar-refractivity contribution is 5.98. The van der Waals surface area contributed by atoms with Crippen molar-refractivity contribution in [2.75, 3.05) is 26.4 Å². The average Bonchev–Trinajstić information content (AvgIpc) is 3.11. The molecule has 0 bridgehead atoms. The number of aliphatic hydroxyl groups excluding tert-OH is 3. The molecule has 2 amide bonds. The van der Waals surface area contributed by atoms with E-state index in [0.29, 0.717) is 13.2 Å². The van der Waals surface area contributed by atoms with Crippen molar-refractivity contribution in [3.05, 3.63) is 0 Å². The van der Waals surface area contributed by atoms with Crippen LogP contribution < -0.4 is 0 Å². The van der Waals surface area contributed by atoms with E-state index < -0.39 is 43.6 Å². The minimum Gasteiger partial charge on any atom is -0.394 e. The summed E-state index contributed by atoms with van der Waals surface area (Å²) in [5.41, 5.74) is 0. The first-order valence-corrected chi connectivity index (χ1v) is 7.07. The molecule has 22 heavy (non-hydrogen) atoms. The van der Waals surface area contributed by atoms with Gasteiger partial charge in [0.15, 0.2) is 6.23 Å². The van der Waals surface area contributed by atoms with Crippen LogP contribution in [-0.2, 0) is 14.2 Å². The molecule has 3 fully saturated rings. The van der Waals surface area contributed by atoms with E-state index >= 15 is 0 Å². The Morgan fingerprint density at radius 1 is 1.23 bits per heavy atom. The first-order chi connectivity index (χ1) is 10.5. The van der Waals surface area contributed by atoms with Crippen molar-refractivity contribution in [3.63, 3.8) is 0 Å². The molecular formula is C12H19N3O7. The maximum absolute atomic E-state index is 12.6. The van der Waals surface area contributed by atoms with Crippen LogP contribution in [0.2, 0.25) is 0 Å².